The van der Waals surface area contributed by atoms with Crippen LogP contribution in [0.1, 0.15) is 42.5 Å². The molecular formula is C18H23NO3. The van der Waals surface area contributed by atoms with Crippen LogP contribution < -0.4 is 5.32 Å². The fraction of sp³-hybridized carbons (Fsp3) is 0.333. The predicted octanol–water partition coefficient (Wildman–Crippen LogP) is 3.18. The first-order valence-electron chi connectivity index (χ1n) is 7.41. The first-order valence-corrected chi connectivity index (χ1v) is 7.41. The van der Waals surface area contributed by atoms with E-state index in [0.717, 1.165) is 16.7 Å². The number of phenols is 2. The number of rotatable bonds is 5. The number of aliphatic hydroxyl groups is 1. The van der Waals surface area contributed by atoms with E-state index in [0.29, 0.717) is 0 Å². The van der Waals surface area contributed by atoms with Crippen molar-refractivity contribution in [3.05, 3.63) is 59.2 Å². The summed E-state index contributed by atoms with van der Waals surface area (Å²) in [6.45, 7) is 5.72. The minimum atomic E-state index is -0.654. The number of phenolic OH excluding ortho intramolecular Hbond substituents is 2. The van der Waals surface area contributed by atoms with Crippen molar-refractivity contribution in [3.63, 3.8) is 0 Å². The predicted molar refractivity (Wildman–Crippen MR) is 86.9 cm³/mol. The molecule has 0 saturated heterocycles. The van der Waals surface area contributed by atoms with Gasteiger partial charge in [0.25, 0.3) is 0 Å². The molecule has 4 nitrogen and oxygen atoms in total. The van der Waals surface area contributed by atoms with Gasteiger partial charge in [0.05, 0.1) is 0 Å². The Morgan fingerprint density at radius 2 is 1.50 bits per heavy atom. The number of aryl methyl sites for hydroxylation is 1. The Bertz CT molecular complexity index is 623. The molecule has 2 rings (SSSR count). The minimum absolute atomic E-state index is 0.0831. The van der Waals surface area contributed by atoms with Crippen molar-refractivity contribution in [2.75, 3.05) is 0 Å². The highest BCUT2D eigenvalue weighted by atomic mass is 16.3. The third-order valence-corrected chi connectivity index (χ3v) is 3.92. The largest absolute Gasteiger partial charge is 0.508 e. The van der Waals surface area contributed by atoms with E-state index in [2.05, 4.69) is 12.2 Å². The quantitative estimate of drug-likeness (QED) is 0.640. The van der Waals surface area contributed by atoms with E-state index in [4.69, 9.17) is 0 Å². The van der Waals surface area contributed by atoms with Crippen LogP contribution in [0.15, 0.2) is 42.5 Å². The maximum atomic E-state index is 9.75. The molecule has 0 aliphatic heterocycles. The van der Waals surface area contributed by atoms with E-state index in [1.807, 2.05) is 25.1 Å². The number of nitrogens with one attached hydrogen (secondary N) is 1. The molecule has 0 amide bonds. The zero-order valence-corrected chi connectivity index (χ0v) is 13.1. The van der Waals surface area contributed by atoms with Crippen LogP contribution in [-0.4, -0.2) is 21.5 Å². The fourth-order valence-electron chi connectivity index (χ4n) is 2.82. The Labute approximate surface area is 131 Å². The third kappa shape index (κ3) is 3.78. The summed E-state index contributed by atoms with van der Waals surface area (Å²) in [5.74, 6) is 0.547. The maximum absolute atomic E-state index is 9.75. The van der Waals surface area contributed by atoms with Gasteiger partial charge < -0.3 is 15.3 Å². The smallest absolute Gasteiger partial charge is 0.115 e. The Balaban J connectivity index is 2.37. The number of aliphatic hydroxyl groups excluding tert-OH is 1. The van der Waals surface area contributed by atoms with E-state index < -0.39 is 6.23 Å². The second-order valence-corrected chi connectivity index (χ2v) is 5.74. The zero-order valence-electron chi connectivity index (χ0n) is 13.1. The lowest BCUT2D eigenvalue weighted by Gasteiger charge is -2.28. The standard InChI is InChI=1S/C18H23NO3/c1-11-10-16(22)8-9-17(11)12(2)18(19-13(3)20)14-4-6-15(21)7-5-14/h4-10,12-13,18-22H,1-3H3. The van der Waals surface area contributed by atoms with Gasteiger partial charge >= 0.3 is 0 Å². The fourth-order valence-corrected chi connectivity index (χ4v) is 2.82. The van der Waals surface area contributed by atoms with Crippen molar-refractivity contribution in [1.29, 1.82) is 0 Å². The highest BCUT2D eigenvalue weighted by Crippen LogP contribution is 2.34. The van der Waals surface area contributed by atoms with E-state index in [-0.39, 0.29) is 23.5 Å². The molecule has 0 aliphatic rings. The molecule has 3 unspecified atom stereocenters. The molecule has 0 aliphatic carbocycles. The maximum Gasteiger partial charge on any atom is 0.115 e. The molecule has 22 heavy (non-hydrogen) atoms. The van der Waals surface area contributed by atoms with Gasteiger partial charge in [-0.1, -0.05) is 25.1 Å². The molecule has 0 aromatic heterocycles. The monoisotopic (exact) mass is 301 g/mol. The Kier molecular flexibility index (Phi) is 5.06. The van der Waals surface area contributed by atoms with Crippen molar-refractivity contribution in [3.8, 4) is 11.5 Å². The zero-order chi connectivity index (χ0) is 16.3. The summed E-state index contributed by atoms with van der Waals surface area (Å²) >= 11 is 0. The third-order valence-electron chi connectivity index (χ3n) is 3.92. The summed E-state index contributed by atoms with van der Waals surface area (Å²) in [6, 6.07) is 12.2. The van der Waals surface area contributed by atoms with Gasteiger partial charge in [-0.3, -0.25) is 5.32 Å². The molecule has 2 aromatic rings. The molecule has 0 bridgehead atoms. The van der Waals surface area contributed by atoms with Gasteiger partial charge in [0.2, 0.25) is 0 Å². The SMILES string of the molecule is Cc1cc(O)ccc1C(C)C(NC(C)O)c1ccc(O)cc1. The molecule has 0 spiro atoms. The van der Waals surface area contributed by atoms with E-state index in [1.165, 1.54) is 0 Å². The number of aromatic hydroxyl groups is 2. The van der Waals surface area contributed by atoms with Crippen LogP contribution in [0, 0.1) is 6.92 Å². The van der Waals surface area contributed by atoms with Crippen molar-refractivity contribution in [2.45, 2.75) is 39.0 Å². The molecule has 4 heteroatoms. The van der Waals surface area contributed by atoms with E-state index >= 15 is 0 Å². The Hall–Kier alpha value is -2.04. The molecule has 3 atom stereocenters. The van der Waals surface area contributed by atoms with Gasteiger partial charge in [-0.25, -0.2) is 0 Å². The van der Waals surface area contributed by atoms with Crippen LogP contribution >= 0.6 is 0 Å². The Morgan fingerprint density at radius 1 is 0.909 bits per heavy atom. The summed E-state index contributed by atoms with van der Waals surface area (Å²) < 4.78 is 0. The molecule has 0 fully saturated rings. The summed E-state index contributed by atoms with van der Waals surface area (Å²) in [5.41, 5.74) is 3.09. The van der Waals surface area contributed by atoms with Gasteiger partial charge in [0, 0.05) is 12.0 Å². The normalized spacial score (nSPS) is 15.3. The summed E-state index contributed by atoms with van der Waals surface area (Å²) in [4.78, 5) is 0. The van der Waals surface area contributed by atoms with Crippen molar-refractivity contribution in [2.24, 2.45) is 0 Å². The molecular weight excluding hydrogens is 278 g/mol. The summed E-state index contributed by atoms with van der Waals surface area (Å²) in [7, 11) is 0. The lowest BCUT2D eigenvalue weighted by molar-refractivity contribution is 0.135. The van der Waals surface area contributed by atoms with Gasteiger partial charge in [-0.2, -0.15) is 0 Å². The van der Waals surface area contributed by atoms with Crippen LogP contribution in [-0.2, 0) is 0 Å². The molecule has 2 aromatic carbocycles. The average Bonchev–Trinajstić information content (AvgIpc) is 2.45. The number of benzene rings is 2. The van der Waals surface area contributed by atoms with Crippen LogP contribution in [0.3, 0.4) is 0 Å². The second kappa shape index (κ2) is 6.81. The molecule has 118 valence electrons. The topological polar surface area (TPSA) is 72.7 Å². The molecule has 0 saturated carbocycles. The number of hydrogen-bond donors (Lipinski definition) is 4. The minimum Gasteiger partial charge on any atom is -0.508 e. The summed E-state index contributed by atoms with van der Waals surface area (Å²) in [5, 5.41) is 31.9. The van der Waals surface area contributed by atoms with Gasteiger partial charge in [0.15, 0.2) is 0 Å². The van der Waals surface area contributed by atoms with Crippen molar-refractivity contribution < 1.29 is 15.3 Å². The first-order chi connectivity index (χ1) is 10.4. The van der Waals surface area contributed by atoms with E-state index in [1.54, 1.807) is 31.2 Å². The van der Waals surface area contributed by atoms with Gasteiger partial charge in [-0.15, -0.1) is 0 Å². The number of hydrogen-bond acceptors (Lipinski definition) is 4. The van der Waals surface area contributed by atoms with E-state index in [9.17, 15) is 15.3 Å². The van der Waals surface area contributed by atoms with Crippen LogP contribution in [0.25, 0.3) is 0 Å². The van der Waals surface area contributed by atoms with Crippen molar-refractivity contribution in [1.82, 2.24) is 5.32 Å². The van der Waals surface area contributed by atoms with Crippen LogP contribution in [0.5, 0.6) is 11.5 Å². The Morgan fingerprint density at radius 3 is 2.05 bits per heavy atom. The van der Waals surface area contributed by atoms with Gasteiger partial charge in [-0.05, 0) is 54.8 Å². The summed E-state index contributed by atoms with van der Waals surface area (Å²) in [6.07, 6.45) is -0.654. The molecule has 0 radical (unpaired) electrons. The average molecular weight is 301 g/mol. The van der Waals surface area contributed by atoms with Gasteiger partial charge in [0.1, 0.15) is 17.7 Å². The lowest BCUT2D eigenvalue weighted by Crippen LogP contribution is -2.33. The molecule has 0 heterocycles. The van der Waals surface area contributed by atoms with Crippen LogP contribution in [0.2, 0.25) is 0 Å². The van der Waals surface area contributed by atoms with Crippen LogP contribution in [0.4, 0.5) is 0 Å². The van der Waals surface area contributed by atoms with Crippen molar-refractivity contribution >= 4 is 0 Å². The highest BCUT2D eigenvalue weighted by Gasteiger charge is 2.23. The lowest BCUT2D eigenvalue weighted by atomic mass is 9.86. The highest BCUT2D eigenvalue weighted by molar-refractivity contribution is 5.38. The first kappa shape index (κ1) is 16.3. The molecule has 4 N–H and O–H groups in total. The second-order valence-electron chi connectivity index (χ2n) is 5.74.